The molecule has 3 N–H and O–H groups in total. The van der Waals surface area contributed by atoms with Crippen molar-refractivity contribution in [3.63, 3.8) is 0 Å². The average molecular weight is 280 g/mol. The average Bonchev–Trinajstić information content (AvgIpc) is 2.91. The van der Waals surface area contributed by atoms with E-state index in [1.807, 2.05) is 0 Å². The van der Waals surface area contributed by atoms with Crippen LogP contribution in [0.25, 0.3) is 11.4 Å². The van der Waals surface area contributed by atoms with Gasteiger partial charge >= 0.3 is 0 Å². The molecule has 3 rings (SSSR count). The van der Waals surface area contributed by atoms with E-state index in [0.717, 1.165) is 42.7 Å². The first-order chi connectivity index (χ1) is 9.60. The molecule has 0 spiro atoms. The van der Waals surface area contributed by atoms with Crippen LogP contribution in [0.15, 0.2) is 12.1 Å². The van der Waals surface area contributed by atoms with E-state index in [-0.39, 0.29) is 11.4 Å². The molecule has 104 valence electrons. The first-order valence-electron chi connectivity index (χ1n) is 6.11. The number of aryl methyl sites for hydroxylation is 1. The Morgan fingerprint density at radius 2 is 1.75 bits per heavy atom. The number of halogens is 3. The molecule has 0 bridgehead atoms. The summed E-state index contributed by atoms with van der Waals surface area (Å²) in [6, 6.07) is 1.74. The monoisotopic (exact) mass is 280 g/mol. The van der Waals surface area contributed by atoms with Crippen molar-refractivity contribution in [1.29, 1.82) is 0 Å². The number of rotatable bonds is 2. The van der Waals surface area contributed by atoms with Crippen molar-refractivity contribution in [2.24, 2.45) is 5.84 Å². The highest BCUT2D eigenvalue weighted by Gasteiger charge is 2.20. The van der Waals surface area contributed by atoms with Gasteiger partial charge in [0, 0.05) is 16.8 Å². The van der Waals surface area contributed by atoms with Gasteiger partial charge in [-0.25, -0.2) is 29.0 Å². The second-order valence-electron chi connectivity index (χ2n) is 4.57. The summed E-state index contributed by atoms with van der Waals surface area (Å²) in [5.41, 5.74) is 4.26. The molecule has 0 unspecified atom stereocenters. The van der Waals surface area contributed by atoms with E-state index in [9.17, 15) is 13.2 Å². The molecule has 0 saturated heterocycles. The summed E-state index contributed by atoms with van der Waals surface area (Å²) in [7, 11) is 0. The lowest BCUT2D eigenvalue weighted by Crippen LogP contribution is -2.13. The summed E-state index contributed by atoms with van der Waals surface area (Å²) in [6.45, 7) is 0. The standard InChI is InChI=1S/C13H11F3N4/c14-8-4-6(5-9(15)11(8)16)12-18-10-3-1-2-7(10)13(19-12)20-17/h4-5H,1-3,17H2,(H,18,19,20). The van der Waals surface area contributed by atoms with E-state index >= 15 is 0 Å². The lowest BCUT2D eigenvalue weighted by atomic mass is 10.1. The molecule has 1 heterocycles. The summed E-state index contributed by atoms with van der Waals surface area (Å²) >= 11 is 0. The second kappa shape index (κ2) is 4.75. The van der Waals surface area contributed by atoms with E-state index in [0.29, 0.717) is 5.82 Å². The highest BCUT2D eigenvalue weighted by atomic mass is 19.2. The van der Waals surface area contributed by atoms with Crippen LogP contribution >= 0.6 is 0 Å². The highest BCUT2D eigenvalue weighted by Crippen LogP contribution is 2.29. The topological polar surface area (TPSA) is 63.8 Å². The van der Waals surface area contributed by atoms with Gasteiger partial charge in [-0.2, -0.15) is 0 Å². The predicted molar refractivity (Wildman–Crippen MR) is 67.2 cm³/mol. The minimum Gasteiger partial charge on any atom is -0.308 e. The fraction of sp³-hybridized carbons (Fsp3) is 0.231. The zero-order valence-corrected chi connectivity index (χ0v) is 10.4. The van der Waals surface area contributed by atoms with Crippen LogP contribution in [0, 0.1) is 17.5 Å². The van der Waals surface area contributed by atoms with Gasteiger partial charge in [0.15, 0.2) is 23.3 Å². The van der Waals surface area contributed by atoms with Crippen LogP contribution in [-0.4, -0.2) is 9.97 Å². The highest BCUT2D eigenvalue weighted by molar-refractivity contribution is 5.60. The smallest absolute Gasteiger partial charge is 0.194 e. The molecule has 1 aromatic carbocycles. The van der Waals surface area contributed by atoms with Crippen LogP contribution in [0.2, 0.25) is 0 Å². The van der Waals surface area contributed by atoms with Crippen LogP contribution in [0.1, 0.15) is 17.7 Å². The second-order valence-corrected chi connectivity index (χ2v) is 4.57. The molecule has 0 fully saturated rings. The third-order valence-electron chi connectivity index (χ3n) is 3.31. The van der Waals surface area contributed by atoms with Gasteiger partial charge in [-0.05, 0) is 31.4 Å². The molecular formula is C13H11F3N4. The van der Waals surface area contributed by atoms with E-state index in [1.54, 1.807) is 0 Å². The number of nitrogens with two attached hydrogens (primary N) is 1. The third-order valence-corrected chi connectivity index (χ3v) is 3.31. The number of aromatic nitrogens is 2. The molecule has 0 aliphatic heterocycles. The number of hydrazine groups is 1. The lowest BCUT2D eigenvalue weighted by molar-refractivity contribution is 0.447. The van der Waals surface area contributed by atoms with Gasteiger partial charge < -0.3 is 5.43 Å². The third kappa shape index (κ3) is 2.00. The van der Waals surface area contributed by atoms with Gasteiger partial charge in [0.2, 0.25) is 0 Å². The predicted octanol–water partition coefficient (Wildman–Crippen LogP) is 2.34. The van der Waals surface area contributed by atoms with E-state index in [2.05, 4.69) is 15.4 Å². The van der Waals surface area contributed by atoms with Crippen molar-refractivity contribution in [3.8, 4) is 11.4 Å². The normalized spacial score (nSPS) is 13.4. The summed E-state index contributed by atoms with van der Waals surface area (Å²) < 4.78 is 39.5. The Hall–Kier alpha value is -2.15. The SMILES string of the molecule is NNc1nc(-c2cc(F)c(F)c(F)c2)nc2c1CCC2. The lowest BCUT2D eigenvalue weighted by Gasteiger charge is -2.09. The Morgan fingerprint density at radius 1 is 1.05 bits per heavy atom. The van der Waals surface area contributed by atoms with Gasteiger partial charge in [-0.1, -0.05) is 0 Å². The fourth-order valence-corrected chi connectivity index (χ4v) is 2.37. The van der Waals surface area contributed by atoms with Gasteiger partial charge in [0.05, 0.1) is 0 Å². The number of nitrogens with one attached hydrogen (secondary N) is 1. The number of benzene rings is 1. The number of hydrogen-bond acceptors (Lipinski definition) is 4. The van der Waals surface area contributed by atoms with Crippen molar-refractivity contribution in [2.75, 3.05) is 5.43 Å². The number of nitrogens with zero attached hydrogens (tertiary/aromatic N) is 2. The van der Waals surface area contributed by atoms with Crippen LogP contribution < -0.4 is 11.3 Å². The molecule has 7 heteroatoms. The first-order valence-corrected chi connectivity index (χ1v) is 6.11. The largest absolute Gasteiger partial charge is 0.308 e. The van der Waals surface area contributed by atoms with Gasteiger partial charge in [0.25, 0.3) is 0 Å². The van der Waals surface area contributed by atoms with Crippen molar-refractivity contribution in [3.05, 3.63) is 40.8 Å². The molecular weight excluding hydrogens is 269 g/mol. The maximum Gasteiger partial charge on any atom is 0.194 e. The van der Waals surface area contributed by atoms with Crippen molar-refractivity contribution < 1.29 is 13.2 Å². The molecule has 20 heavy (non-hydrogen) atoms. The molecule has 4 nitrogen and oxygen atoms in total. The summed E-state index contributed by atoms with van der Waals surface area (Å²) in [5, 5.41) is 0. The molecule has 0 atom stereocenters. The number of anilines is 1. The fourth-order valence-electron chi connectivity index (χ4n) is 2.37. The Bertz CT molecular complexity index is 665. The molecule has 1 aliphatic rings. The zero-order valence-electron chi connectivity index (χ0n) is 10.4. The van der Waals surface area contributed by atoms with Crippen LogP contribution in [0.3, 0.4) is 0 Å². The Balaban J connectivity index is 2.16. The first kappa shape index (κ1) is 12.9. The maximum absolute atomic E-state index is 13.3. The van der Waals surface area contributed by atoms with Crippen LogP contribution in [-0.2, 0) is 12.8 Å². The minimum atomic E-state index is -1.51. The Labute approximate surface area is 112 Å². The number of fused-ring (bicyclic) bond motifs is 1. The Kier molecular flexibility index (Phi) is 3.06. The maximum atomic E-state index is 13.3. The summed E-state index contributed by atoms with van der Waals surface area (Å²) in [5.74, 6) is 1.91. The number of nitrogen functional groups attached to an aromatic ring is 1. The van der Waals surface area contributed by atoms with Crippen LogP contribution in [0.4, 0.5) is 19.0 Å². The van der Waals surface area contributed by atoms with Crippen LogP contribution in [0.5, 0.6) is 0 Å². The molecule has 0 saturated carbocycles. The van der Waals surface area contributed by atoms with E-state index < -0.39 is 17.5 Å². The molecule has 1 aliphatic carbocycles. The molecule has 2 aromatic rings. The Morgan fingerprint density at radius 3 is 2.40 bits per heavy atom. The van der Waals surface area contributed by atoms with Gasteiger partial charge in [-0.15, -0.1) is 0 Å². The van der Waals surface area contributed by atoms with Crippen molar-refractivity contribution in [2.45, 2.75) is 19.3 Å². The van der Waals surface area contributed by atoms with Crippen molar-refractivity contribution >= 4 is 5.82 Å². The molecule has 0 radical (unpaired) electrons. The van der Waals surface area contributed by atoms with Gasteiger partial charge in [-0.3, -0.25) is 0 Å². The molecule has 1 aromatic heterocycles. The summed E-state index contributed by atoms with van der Waals surface area (Å²) in [6.07, 6.45) is 2.49. The minimum absolute atomic E-state index is 0.0765. The summed E-state index contributed by atoms with van der Waals surface area (Å²) in [4.78, 5) is 8.42. The van der Waals surface area contributed by atoms with E-state index in [4.69, 9.17) is 5.84 Å². The molecule has 0 amide bonds. The van der Waals surface area contributed by atoms with Crippen molar-refractivity contribution in [1.82, 2.24) is 9.97 Å². The quantitative estimate of drug-likeness (QED) is 0.503. The zero-order chi connectivity index (χ0) is 14.3. The van der Waals surface area contributed by atoms with Gasteiger partial charge in [0.1, 0.15) is 5.82 Å². The number of hydrogen-bond donors (Lipinski definition) is 2. The van der Waals surface area contributed by atoms with E-state index in [1.165, 1.54) is 0 Å².